The average Bonchev–Trinajstić information content (AvgIpc) is 3.05. The van der Waals surface area contributed by atoms with Gasteiger partial charge in [0, 0.05) is 10.9 Å². The van der Waals surface area contributed by atoms with Gasteiger partial charge in [-0.1, -0.05) is 48.0 Å². The minimum Gasteiger partial charge on any atom is -0.489 e. The zero-order valence-electron chi connectivity index (χ0n) is 14.0. The van der Waals surface area contributed by atoms with Gasteiger partial charge >= 0.3 is 0 Å². The minimum atomic E-state index is 0.157. The van der Waals surface area contributed by atoms with Crippen LogP contribution in [0.25, 0.3) is 0 Å². The molecule has 0 saturated carbocycles. The number of rotatable bonds is 3. The lowest BCUT2D eigenvalue weighted by atomic mass is 9.77. The zero-order chi connectivity index (χ0) is 16.7. The van der Waals surface area contributed by atoms with Crippen LogP contribution in [0.15, 0.2) is 54.6 Å². The summed E-state index contributed by atoms with van der Waals surface area (Å²) in [7, 11) is 0. The third-order valence-corrected chi connectivity index (χ3v) is 5.20. The molecular formula is C21H22ClNO. The highest BCUT2D eigenvalue weighted by atomic mass is 35.5. The smallest absolute Gasteiger partial charge is 0.143 e. The Morgan fingerprint density at radius 3 is 2.67 bits per heavy atom. The summed E-state index contributed by atoms with van der Waals surface area (Å²) < 4.78 is 6.06. The fourth-order valence-electron chi connectivity index (χ4n) is 3.95. The highest BCUT2D eigenvalue weighted by molar-refractivity contribution is 6.30. The second kappa shape index (κ2) is 6.18. The second-order valence-corrected chi connectivity index (χ2v) is 7.35. The van der Waals surface area contributed by atoms with Crippen LogP contribution in [-0.2, 0) is 0 Å². The maximum atomic E-state index is 6.07. The normalized spacial score (nSPS) is 24.4. The van der Waals surface area contributed by atoms with E-state index in [1.807, 2.05) is 12.1 Å². The Morgan fingerprint density at radius 2 is 1.92 bits per heavy atom. The number of anilines is 1. The van der Waals surface area contributed by atoms with E-state index in [1.54, 1.807) is 0 Å². The van der Waals surface area contributed by atoms with Crippen molar-refractivity contribution in [2.45, 2.75) is 38.3 Å². The SMILES string of the molecule is CC(C)Oc1cccc2c1NC(c1ccc(Cl)cc1)C1CC=CC21. The van der Waals surface area contributed by atoms with E-state index in [2.05, 4.69) is 61.6 Å². The number of nitrogens with one attached hydrogen (secondary N) is 1. The molecule has 2 nitrogen and oxygen atoms in total. The highest BCUT2D eigenvalue weighted by Crippen LogP contribution is 2.52. The molecular weight excluding hydrogens is 318 g/mol. The van der Waals surface area contributed by atoms with E-state index in [4.69, 9.17) is 16.3 Å². The molecule has 1 heterocycles. The van der Waals surface area contributed by atoms with Crippen LogP contribution in [0.5, 0.6) is 5.75 Å². The molecule has 0 saturated heterocycles. The van der Waals surface area contributed by atoms with E-state index >= 15 is 0 Å². The quantitative estimate of drug-likeness (QED) is 0.697. The predicted molar refractivity (Wildman–Crippen MR) is 100 cm³/mol. The molecule has 1 N–H and O–H groups in total. The lowest BCUT2D eigenvalue weighted by Gasteiger charge is -2.38. The van der Waals surface area contributed by atoms with Crippen LogP contribution in [0.4, 0.5) is 5.69 Å². The fraction of sp³-hybridized carbons (Fsp3) is 0.333. The molecule has 2 aromatic carbocycles. The van der Waals surface area contributed by atoms with Gasteiger partial charge in [-0.25, -0.2) is 0 Å². The summed E-state index contributed by atoms with van der Waals surface area (Å²) in [5, 5.41) is 4.55. The molecule has 0 aromatic heterocycles. The van der Waals surface area contributed by atoms with Crippen LogP contribution < -0.4 is 10.1 Å². The van der Waals surface area contributed by atoms with Crippen LogP contribution in [-0.4, -0.2) is 6.10 Å². The monoisotopic (exact) mass is 339 g/mol. The summed E-state index contributed by atoms with van der Waals surface area (Å²) in [5.41, 5.74) is 3.76. The van der Waals surface area contributed by atoms with Crippen LogP contribution in [0, 0.1) is 5.92 Å². The van der Waals surface area contributed by atoms with Gasteiger partial charge in [-0.05, 0) is 55.5 Å². The molecule has 3 unspecified atom stereocenters. The first-order chi connectivity index (χ1) is 11.6. The lowest BCUT2D eigenvalue weighted by molar-refractivity contribution is 0.242. The third kappa shape index (κ3) is 2.69. The molecule has 1 aliphatic heterocycles. The Labute approximate surface area is 148 Å². The van der Waals surface area contributed by atoms with Crippen LogP contribution in [0.1, 0.15) is 43.4 Å². The van der Waals surface area contributed by atoms with Crippen molar-refractivity contribution < 1.29 is 4.74 Å². The molecule has 0 bridgehead atoms. The van der Waals surface area contributed by atoms with E-state index in [-0.39, 0.29) is 12.1 Å². The standard InChI is InChI=1S/C21H22ClNO/c1-13(2)24-19-8-4-7-18-16-5-3-6-17(16)20(23-21(18)19)14-9-11-15(22)12-10-14/h3-5,7-13,16-17,20,23H,6H2,1-2H3. The van der Waals surface area contributed by atoms with Crippen LogP contribution in [0.2, 0.25) is 5.02 Å². The maximum absolute atomic E-state index is 6.07. The van der Waals surface area contributed by atoms with Gasteiger partial charge in [0.2, 0.25) is 0 Å². The first-order valence-corrected chi connectivity index (χ1v) is 8.99. The Kier molecular flexibility index (Phi) is 4.01. The van der Waals surface area contributed by atoms with Crippen molar-refractivity contribution in [2.75, 3.05) is 5.32 Å². The average molecular weight is 340 g/mol. The van der Waals surface area contributed by atoms with Gasteiger partial charge in [0.15, 0.2) is 0 Å². The van der Waals surface area contributed by atoms with E-state index in [9.17, 15) is 0 Å². The predicted octanol–water partition coefficient (Wildman–Crippen LogP) is 5.95. The van der Waals surface area contributed by atoms with Gasteiger partial charge in [-0.3, -0.25) is 0 Å². The summed E-state index contributed by atoms with van der Waals surface area (Å²) in [6.07, 6.45) is 5.92. The summed E-state index contributed by atoms with van der Waals surface area (Å²) >= 11 is 6.07. The maximum Gasteiger partial charge on any atom is 0.143 e. The van der Waals surface area contributed by atoms with Gasteiger partial charge in [0.05, 0.1) is 17.8 Å². The summed E-state index contributed by atoms with van der Waals surface area (Å²) in [6.45, 7) is 4.13. The molecule has 3 heteroatoms. The van der Waals surface area contributed by atoms with Crippen molar-refractivity contribution in [1.29, 1.82) is 0 Å². The number of halogens is 1. The molecule has 2 aromatic rings. The van der Waals surface area contributed by atoms with Crippen molar-refractivity contribution >= 4 is 17.3 Å². The first kappa shape index (κ1) is 15.6. The van der Waals surface area contributed by atoms with E-state index < -0.39 is 0 Å². The molecule has 2 aliphatic rings. The molecule has 0 radical (unpaired) electrons. The molecule has 124 valence electrons. The van der Waals surface area contributed by atoms with Gasteiger partial charge < -0.3 is 10.1 Å². The second-order valence-electron chi connectivity index (χ2n) is 6.91. The fourth-order valence-corrected chi connectivity index (χ4v) is 4.07. The molecule has 1 aliphatic carbocycles. The Balaban J connectivity index is 1.77. The largest absolute Gasteiger partial charge is 0.489 e. The summed E-state index contributed by atoms with van der Waals surface area (Å²) in [5.74, 6) is 1.92. The van der Waals surface area contributed by atoms with Crippen molar-refractivity contribution in [3.63, 3.8) is 0 Å². The topological polar surface area (TPSA) is 21.3 Å². The van der Waals surface area contributed by atoms with Crippen molar-refractivity contribution in [1.82, 2.24) is 0 Å². The molecule has 4 rings (SSSR count). The number of hydrogen-bond acceptors (Lipinski definition) is 2. The first-order valence-electron chi connectivity index (χ1n) is 8.61. The van der Waals surface area contributed by atoms with Gasteiger partial charge in [0.25, 0.3) is 0 Å². The number of ether oxygens (including phenoxy) is 1. The summed E-state index contributed by atoms with van der Waals surface area (Å²) in [4.78, 5) is 0. The number of hydrogen-bond donors (Lipinski definition) is 1. The van der Waals surface area contributed by atoms with Gasteiger partial charge in [0.1, 0.15) is 5.75 Å². The Hall–Kier alpha value is -1.93. The zero-order valence-corrected chi connectivity index (χ0v) is 14.8. The van der Waals surface area contributed by atoms with Gasteiger partial charge in [-0.15, -0.1) is 0 Å². The lowest BCUT2D eigenvalue weighted by Crippen LogP contribution is -2.29. The minimum absolute atomic E-state index is 0.157. The molecule has 0 spiro atoms. The molecule has 0 fully saturated rings. The number of benzene rings is 2. The van der Waals surface area contributed by atoms with Gasteiger partial charge in [-0.2, -0.15) is 0 Å². The molecule has 24 heavy (non-hydrogen) atoms. The van der Waals surface area contributed by atoms with E-state index in [1.165, 1.54) is 11.1 Å². The van der Waals surface area contributed by atoms with E-state index in [0.29, 0.717) is 11.8 Å². The third-order valence-electron chi connectivity index (χ3n) is 4.95. The van der Waals surface area contributed by atoms with Crippen molar-refractivity contribution in [3.05, 3.63) is 70.8 Å². The van der Waals surface area contributed by atoms with E-state index in [0.717, 1.165) is 22.9 Å². The number of para-hydroxylation sites is 1. The summed E-state index contributed by atoms with van der Waals surface area (Å²) in [6, 6.07) is 14.9. The molecule has 0 amide bonds. The van der Waals surface area contributed by atoms with Crippen LogP contribution in [0.3, 0.4) is 0 Å². The highest BCUT2D eigenvalue weighted by Gasteiger charge is 2.38. The Morgan fingerprint density at radius 1 is 1.12 bits per heavy atom. The van der Waals surface area contributed by atoms with Crippen molar-refractivity contribution in [2.24, 2.45) is 5.92 Å². The van der Waals surface area contributed by atoms with Crippen LogP contribution >= 0.6 is 11.6 Å². The molecule has 3 atom stereocenters. The number of allylic oxidation sites excluding steroid dienone is 2. The van der Waals surface area contributed by atoms with Crippen molar-refractivity contribution in [3.8, 4) is 5.75 Å². The number of fused-ring (bicyclic) bond motifs is 3. The Bertz CT molecular complexity index is 766.